The first-order valence-electron chi connectivity index (χ1n) is 7.46. The van der Waals surface area contributed by atoms with E-state index < -0.39 is 0 Å². The summed E-state index contributed by atoms with van der Waals surface area (Å²) in [6.07, 6.45) is 2.64. The summed E-state index contributed by atoms with van der Waals surface area (Å²) >= 11 is 0. The molecule has 0 aliphatic rings. The van der Waals surface area contributed by atoms with Gasteiger partial charge in [0.25, 0.3) is 0 Å². The van der Waals surface area contributed by atoms with Crippen LogP contribution in [0.5, 0.6) is 0 Å². The highest BCUT2D eigenvalue weighted by Crippen LogP contribution is 2.15. The van der Waals surface area contributed by atoms with E-state index in [1.807, 2.05) is 19.2 Å². The highest BCUT2D eigenvalue weighted by Gasteiger charge is 2.12. The summed E-state index contributed by atoms with van der Waals surface area (Å²) in [6, 6.07) is 7.94. The average Bonchev–Trinajstić information content (AvgIpc) is 2.96. The number of aryl methyl sites for hydroxylation is 1. The molecule has 0 bridgehead atoms. The van der Waals surface area contributed by atoms with Crippen molar-refractivity contribution in [2.75, 3.05) is 13.7 Å². The van der Waals surface area contributed by atoms with Crippen LogP contribution >= 0.6 is 0 Å². The highest BCUT2D eigenvalue weighted by atomic mass is 16.2. The van der Waals surface area contributed by atoms with E-state index >= 15 is 0 Å². The summed E-state index contributed by atoms with van der Waals surface area (Å²) in [7, 11) is 1.00. The predicted octanol–water partition coefficient (Wildman–Crippen LogP) is 1.51. The minimum Gasteiger partial charge on any atom is -0.400 e. The van der Waals surface area contributed by atoms with Crippen molar-refractivity contribution in [3.8, 4) is 0 Å². The van der Waals surface area contributed by atoms with E-state index in [0.29, 0.717) is 6.42 Å². The fourth-order valence-corrected chi connectivity index (χ4v) is 1.96. The van der Waals surface area contributed by atoms with Crippen LogP contribution in [0.25, 0.3) is 10.9 Å². The number of aromatic amines is 1. The molecule has 0 saturated heterocycles. The van der Waals surface area contributed by atoms with Crippen LogP contribution in [0.1, 0.15) is 25.8 Å². The fraction of sp³-hybridized carbons (Fsp3) is 0.412. The molecular formula is C17H27N3O3. The Morgan fingerprint density at radius 3 is 2.39 bits per heavy atom. The van der Waals surface area contributed by atoms with Crippen molar-refractivity contribution in [2.45, 2.75) is 33.2 Å². The number of H-pyrrole nitrogens is 1. The maximum Gasteiger partial charge on any atom is 0.234 e. The Morgan fingerprint density at radius 1 is 1.30 bits per heavy atom. The Hall–Kier alpha value is -2.18. The van der Waals surface area contributed by atoms with Gasteiger partial charge in [0.2, 0.25) is 5.91 Å². The van der Waals surface area contributed by atoms with Crippen LogP contribution in [0.15, 0.2) is 30.5 Å². The number of nitrogens with one attached hydrogen (secondary N) is 2. The predicted molar refractivity (Wildman–Crippen MR) is 93.1 cm³/mol. The van der Waals surface area contributed by atoms with Gasteiger partial charge in [0, 0.05) is 24.2 Å². The van der Waals surface area contributed by atoms with E-state index in [1.54, 1.807) is 0 Å². The van der Waals surface area contributed by atoms with E-state index in [2.05, 4.69) is 35.4 Å². The number of carbonyl (C=O) groups is 2. The summed E-state index contributed by atoms with van der Waals surface area (Å²) in [5.41, 5.74) is 7.59. The Bertz CT molecular complexity index is 608. The molecule has 6 heteroatoms. The van der Waals surface area contributed by atoms with Crippen LogP contribution in [-0.2, 0) is 9.59 Å². The molecule has 0 unspecified atom stereocenters. The van der Waals surface area contributed by atoms with Crippen molar-refractivity contribution in [1.82, 2.24) is 10.3 Å². The Labute approximate surface area is 137 Å². The number of ketones is 1. The molecule has 6 nitrogen and oxygen atoms in total. The van der Waals surface area contributed by atoms with Crippen molar-refractivity contribution in [3.63, 3.8) is 0 Å². The molecule has 23 heavy (non-hydrogen) atoms. The number of hydrogen-bond donors (Lipinski definition) is 4. The van der Waals surface area contributed by atoms with Gasteiger partial charge in [0.1, 0.15) is 0 Å². The van der Waals surface area contributed by atoms with Gasteiger partial charge in [-0.05, 0) is 31.9 Å². The molecule has 1 aromatic heterocycles. The van der Waals surface area contributed by atoms with Gasteiger partial charge < -0.3 is 21.1 Å². The van der Waals surface area contributed by atoms with Gasteiger partial charge in [-0.2, -0.15) is 0 Å². The van der Waals surface area contributed by atoms with E-state index in [-0.39, 0.29) is 24.3 Å². The lowest BCUT2D eigenvalue weighted by molar-refractivity contribution is -0.126. The summed E-state index contributed by atoms with van der Waals surface area (Å²) in [6.45, 7) is 5.33. The number of amides is 1. The number of hydrogen-bond acceptors (Lipinski definition) is 4. The zero-order chi connectivity index (χ0) is 17.8. The van der Waals surface area contributed by atoms with E-state index in [0.717, 1.165) is 7.11 Å². The Balaban J connectivity index is 0.000000380. The third kappa shape index (κ3) is 7.08. The van der Waals surface area contributed by atoms with Crippen molar-refractivity contribution in [2.24, 2.45) is 5.73 Å². The van der Waals surface area contributed by atoms with Crippen molar-refractivity contribution in [1.29, 1.82) is 0 Å². The molecule has 0 spiro atoms. The molecule has 0 aliphatic heterocycles. The summed E-state index contributed by atoms with van der Waals surface area (Å²) in [5, 5.41) is 10.8. The number of aliphatic hydroxyl groups is 1. The maximum absolute atomic E-state index is 10.8. The lowest BCUT2D eigenvalue weighted by Crippen LogP contribution is -2.42. The molecule has 2 aromatic rings. The molecule has 0 radical (unpaired) electrons. The molecule has 0 saturated carbocycles. The van der Waals surface area contributed by atoms with Gasteiger partial charge in [0.05, 0.1) is 12.6 Å². The normalized spacial score (nSPS) is 10.7. The van der Waals surface area contributed by atoms with Gasteiger partial charge in [0.15, 0.2) is 5.78 Å². The molecule has 1 atom stereocenters. The number of carbonyl (C=O) groups excluding carboxylic acids is 2. The molecule has 1 heterocycles. The standard InChI is InChI=1S/C9H9N.C7H14N2O2.CH4O/c1-7-6-10-9-5-3-2-4-8(7)9;1-3-6(5(2)10)9-7(11)4-8;1-2/h2-6,10H,1H3;6H,3-4,8H2,1-2H3,(H,9,11);2H,1H3/t;6-;/m.0./s1. The molecule has 0 fully saturated rings. The second kappa shape index (κ2) is 11.4. The summed E-state index contributed by atoms with van der Waals surface area (Å²) in [5.74, 6) is -0.318. The minimum atomic E-state index is -0.369. The number of rotatable bonds is 4. The van der Waals surface area contributed by atoms with Gasteiger partial charge in [-0.25, -0.2) is 0 Å². The number of aliphatic hydroxyl groups excluding tert-OH is 1. The lowest BCUT2D eigenvalue weighted by Gasteiger charge is -2.11. The van der Waals surface area contributed by atoms with Crippen molar-refractivity contribution >= 4 is 22.6 Å². The third-order valence-electron chi connectivity index (χ3n) is 3.22. The quantitative estimate of drug-likeness (QED) is 0.684. The van der Waals surface area contributed by atoms with E-state index in [9.17, 15) is 9.59 Å². The van der Waals surface area contributed by atoms with Crippen LogP contribution < -0.4 is 11.1 Å². The van der Waals surface area contributed by atoms with Crippen LogP contribution in [0.3, 0.4) is 0 Å². The first-order chi connectivity index (χ1) is 11.0. The second-order valence-electron chi connectivity index (χ2n) is 4.86. The van der Waals surface area contributed by atoms with Gasteiger partial charge in [-0.3, -0.25) is 9.59 Å². The number of benzene rings is 1. The summed E-state index contributed by atoms with van der Waals surface area (Å²) < 4.78 is 0. The topological polar surface area (TPSA) is 108 Å². The van der Waals surface area contributed by atoms with Gasteiger partial charge in [-0.1, -0.05) is 25.1 Å². The molecular weight excluding hydrogens is 294 g/mol. The Kier molecular flexibility index (Phi) is 10.3. The maximum atomic E-state index is 10.8. The lowest BCUT2D eigenvalue weighted by atomic mass is 10.1. The van der Waals surface area contributed by atoms with Crippen molar-refractivity contribution in [3.05, 3.63) is 36.0 Å². The molecule has 2 rings (SSSR count). The number of aromatic nitrogens is 1. The zero-order valence-corrected chi connectivity index (χ0v) is 14.2. The van der Waals surface area contributed by atoms with Gasteiger partial charge in [-0.15, -0.1) is 0 Å². The average molecular weight is 321 g/mol. The SMILES string of the molecule is CC[C@H](NC(=O)CN)C(C)=O.CO.Cc1c[nH]c2ccccc12. The van der Waals surface area contributed by atoms with Crippen LogP contribution in [0.4, 0.5) is 0 Å². The molecule has 1 aromatic carbocycles. The number of Topliss-reactive ketones (excluding diaryl/α,β-unsaturated/α-hetero) is 1. The van der Waals surface area contributed by atoms with Crippen LogP contribution in [0, 0.1) is 6.92 Å². The van der Waals surface area contributed by atoms with E-state index in [1.165, 1.54) is 23.4 Å². The first kappa shape index (κ1) is 20.8. The monoisotopic (exact) mass is 321 g/mol. The minimum absolute atomic E-state index is 0.0331. The Morgan fingerprint density at radius 2 is 1.91 bits per heavy atom. The van der Waals surface area contributed by atoms with E-state index in [4.69, 9.17) is 10.8 Å². The molecule has 128 valence electrons. The number of fused-ring (bicyclic) bond motifs is 1. The first-order valence-corrected chi connectivity index (χ1v) is 7.46. The number of nitrogens with two attached hydrogens (primary N) is 1. The molecule has 1 amide bonds. The second-order valence-corrected chi connectivity index (χ2v) is 4.86. The summed E-state index contributed by atoms with van der Waals surface area (Å²) in [4.78, 5) is 24.7. The van der Waals surface area contributed by atoms with Crippen LogP contribution in [-0.4, -0.2) is 41.5 Å². The van der Waals surface area contributed by atoms with Crippen molar-refractivity contribution < 1.29 is 14.7 Å². The van der Waals surface area contributed by atoms with Gasteiger partial charge >= 0.3 is 0 Å². The van der Waals surface area contributed by atoms with Crippen LogP contribution in [0.2, 0.25) is 0 Å². The third-order valence-corrected chi connectivity index (χ3v) is 3.22. The largest absolute Gasteiger partial charge is 0.400 e. The zero-order valence-electron chi connectivity index (χ0n) is 14.2. The number of para-hydroxylation sites is 1. The highest BCUT2D eigenvalue weighted by molar-refractivity contribution is 5.88. The molecule has 0 aliphatic carbocycles. The smallest absolute Gasteiger partial charge is 0.234 e. The fourth-order valence-electron chi connectivity index (χ4n) is 1.96. The molecule has 5 N–H and O–H groups in total.